The number of benzene rings is 7. The quantitative estimate of drug-likeness (QED) is 0.0574. The molecule has 7 aromatic carbocycles. The van der Waals surface area contributed by atoms with E-state index in [2.05, 4.69) is 43.7 Å². The van der Waals surface area contributed by atoms with Crippen LogP contribution in [0.3, 0.4) is 0 Å². The molecule has 28 heteroatoms. The van der Waals surface area contributed by atoms with Crippen molar-refractivity contribution < 1.29 is 83.5 Å². The summed E-state index contributed by atoms with van der Waals surface area (Å²) in [5.74, 6) is -13.0. The average molecular weight is 1410 g/mol. The lowest BCUT2D eigenvalue weighted by Crippen LogP contribution is -2.57. The van der Waals surface area contributed by atoms with E-state index in [4.69, 9.17) is 43.1 Å². The maximum Gasteiger partial charge on any atom is 0.249 e. The van der Waals surface area contributed by atoms with Gasteiger partial charge in [-0.1, -0.05) is 99.3 Å². The van der Waals surface area contributed by atoms with Crippen LogP contribution in [0.15, 0.2) is 115 Å². The summed E-state index contributed by atoms with van der Waals surface area (Å²) in [6, 6.07) is 9.87. The van der Waals surface area contributed by atoms with E-state index in [-0.39, 0.29) is 97.1 Å². The molecule has 7 aliphatic rings. The van der Waals surface area contributed by atoms with Crippen molar-refractivity contribution in [2.45, 2.75) is 113 Å². The van der Waals surface area contributed by atoms with Crippen LogP contribution in [-0.4, -0.2) is 132 Å². The predicted molar refractivity (Wildman–Crippen MR) is 363 cm³/mol. The summed E-state index contributed by atoms with van der Waals surface area (Å²) in [6.45, 7) is 4.29. The number of unbranched alkanes of at least 4 members (excludes halogenated alkanes) is 7. The molecule has 15 N–H and O–H groups in total. The van der Waals surface area contributed by atoms with E-state index in [0.29, 0.717) is 18.7 Å². The number of carbonyl (C=O) groups excluding carboxylic acids is 7. The largest absolute Gasteiger partial charge is 0.508 e. The van der Waals surface area contributed by atoms with Gasteiger partial charge in [0.15, 0.2) is 23.0 Å². The Hall–Kier alpha value is -10.5. The Balaban J connectivity index is 0.991. The van der Waals surface area contributed by atoms with Gasteiger partial charge in [0.1, 0.15) is 88.6 Å². The van der Waals surface area contributed by atoms with Crippen LogP contribution >= 0.6 is 23.2 Å². The molecule has 7 aromatic rings. The highest BCUT2D eigenvalue weighted by Gasteiger charge is 2.42. The van der Waals surface area contributed by atoms with Gasteiger partial charge in [0.25, 0.3) is 0 Å². The Morgan fingerprint density at radius 2 is 1.09 bits per heavy atom. The number of halogens is 2. The fraction of sp³-hybridized carbons (Fsp3) is 0.319. The molecular weight excluding hydrogens is 1330 g/mol. The molecule has 14 rings (SSSR count). The number of hydrogen-bond acceptors (Lipinski definition) is 19. The normalized spacial score (nSPS) is 21.7. The number of nitrogens with one attached hydrogen (secondary N) is 6. The fourth-order valence-corrected chi connectivity index (χ4v) is 13.5. The molecule has 0 radical (unpaired) electrons. The molecule has 0 unspecified atom stereocenters. The molecule has 522 valence electrons. The van der Waals surface area contributed by atoms with Crippen molar-refractivity contribution in [1.82, 2.24) is 41.7 Å². The maximum absolute atomic E-state index is 16.0. The third-order valence-electron chi connectivity index (χ3n) is 18.5. The second kappa shape index (κ2) is 29.5. The lowest BCUT2D eigenvalue weighted by Gasteiger charge is -2.37. The van der Waals surface area contributed by atoms with E-state index >= 15 is 28.8 Å². The number of aliphatic hydroxyl groups is 1. The number of ether oxygens (including phenoxy) is 3. The van der Waals surface area contributed by atoms with Gasteiger partial charge < -0.3 is 92.5 Å². The summed E-state index contributed by atoms with van der Waals surface area (Å²) >= 11 is 13.9. The summed E-state index contributed by atoms with van der Waals surface area (Å²) in [4.78, 5) is 111. The molecule has 7 heterocycles. The highest BCUT2D eigenvalue weighted by atomic mass is 35.5. The van der Waals surface area contributed by atoms with Crippen molar-refractivity contribution >= 4 is 64.6 Å². The highest BCUT2D eigenvalue weighted by molar-refractivity contribution is 6.32. The van der Waals surface area contributed by atoms with Crippen LogP contribution in [0.25, 0.3) is 11.1 Å². The minimum atomic E-state index is -2.15. The summed E-state index contributed by atoms with van der Waals surface area (Å²) in [6.07, 6.45) is 6.67. The first-order chi connectivity index (χ1) is 48.0. The van der Waals surface area contributed by atoms with Gasteiger partial charge >= 0.3 is 0 Å². The number of fused-ring (bicyclic) bond motifs is 14. The van der Waals surface area contributed by atoms with E-state index in [1.807, 2.05) is 0 Å². The minimum absolute atomic E-state index is 0.112. The molecule has 0 aromatic heterocycles. The van der Waals surface area contributed by atoms with Gasteiger partial charge in [0.2, 0.25) is 47.1 Å². The van der Waals surface area contributed by atoms with E-state index in [9.17, 15) is 40.5 Å². The van der Waals surface area contributed by atoms with Gasteiger partial charge in [0.05, 0.1) is 10.0 Å². The van der Waals surface area contributed by atoms with Crippen LogP contribution in [0, 0.1) is 0 Å². The average Bonchev–Trinajstić information content (AvgIpc) is 0.766. The molecule has 7 amide bonds. The van der Waals surface area contributed by atoms with Crippen molar-refractivity contribution in [2.75, 3.05) is 32.7 Å². The van der Waals surface area contributed by atoms with Gasteiger partial charge in [-0.15, -0.1) is 0 Å². The zero-order valence-electron chi connectivity index (χ0n) is 53.9. The number of carbonyl (C=O) groups is 7. The Labute approximate surface area is 582 Å². The van der Waals surface area contributed by atoms with Crippen LogP contribution in [0.1, 0.15) is 134 Å². The summed E-state index contributed by atoms with van der Waals surface area (Å²) in [5, 5.41) is 97.7. The van der Waals surface area contributed by atoms with Crippen molar-refractivity contribution in [2.24, 2.45) is 5.73 Å². The van der Waals surface area contributed by atoms with E-state index in [1.54, 1.807) is 0 Å². The minimum Gasteiger partial charge on any atom is -0.508 e. The van der Waals surface area contributed by atoms with Gasteiger partial charge in [-0.3, -0.25) is 38.5 Å². The number of phenols is 6. The molecule has 1 fully saturated rings. The number of amides is 7. The number of phenolic OH excluding ortho intramolecular Hbond substituents is 6. The van der Waals surface area contributed by atoms with Crippen LogP contribution in [-0.2, 0) is 40.0 Å². The molecule has 17 bridgehead atoms. The first-order valence-electron chi connectivity index (χ1n) is 32.8. The van der Waals surface area contributed by atoms with Gasteiger partial charge in [-0.05, 0) is 131 Å². The van der Waals surface area contributed by atoms with E-state index in [0.717, 1.165) is 74.7 Å². The Kier molecular flexibility index (Phi) is 20.5. The maximum atomic E-state index is 16.0. The third-order valence-corrected chi connectivity index (χ3v) is 19.0. The lowest BCUT2D eigenvalue weighted by atomic mass is 9.89. The number of nitrogens with zero attached hydrogens (tertiary/aromatic N) is 2. The summed E-state index contributed by atoms with van der Waals surface area (Å²) in [7, 11) is 0. The zero-order valence-corrected chi connectivity index (χ0v) is 55.4. The molecule has 100 heavy (non-hydrogen) atoms. The molecule has 26 nitrogen and oxygen atoms in total. The standard InChI is InChI=1S/C72H73Cl2N9O17/c1-2-3-4-5-6-7-8-9-18-82-19-21-83(22-20-82)72(97)62-45-33-42(85)34-51(88)57(45)44-27-37(12-14-49(44)86)59-68(93)81-63(71(96)80-62)64(89)38-13-17-53(47(74)28-38)100-56-31-40-30-55(65(56)90)99-52-16-10-35(23-46(52)73)24-48-66(91)77-60(69(94)79-61(40)70(95)78-59)39-25-41(84)32-43(26-39)98-54-29-36(11-15-50(54)87)58(75)67(92)76-48/h10-17,23,25-34,48,58-64,84-90H,2-9,18-22,24,75H2,1H3,(H,76,92)(H,77,91)(H,78,95)(H,79,94)(H,80,96)(H,81,93)/t48-,58+,59-,60+,61-,62+,63+,64-/m1/s1. The van der Waals surface area contributed by atoms with Crippen LogP contribution < -0.4 is 51.8 Å². The van der Waals surface area contributed by atoms with Gasteiger partial charge in [-0.25, -0.2) is 0 Å². The Bertz CT molecular complexity index is 4400. The van der Waals surface area contributed by atoms with Crippen LogP contribution in [0.2, 0.25) is 10.0 Å². The number of aliphatic hydroxyl groups excluding tert-OH is 1. The monoisotopic (exact) mass is 1410 g/mol. The Morgan fingerprint density at radius 1 is 0.510 bits per heavy atom. The molecule has 7 aliphatic heterocycles. The molecule has 0 spiro atoms. The van der Waals surface area contributed by atoms with Crippen LogP contribution in [0.4, 0.5) is 0 Å². The number of piperazine rings is 1. The summed E-state index contributed by atoms with van der Waals surface area (Å²) in [5.41, 5.74) is 5.27. The molecule has 0 aliphatic carbocycles. The highest BCUT2D eigenvalue weighted by Crippen LogP contribution is 2.48. The topological polar surface area (TPSA) is 393 Å². The van der Waals surface area contributed by atoms with Crippen molar-refractivity contribution in [1.29, 1.82) is 0 Å². The fourth-order valence-electron chi connectivity index (χ4n) is 13.1. The first-order valence-corrected chi connectivity index (χ1v) is 33.6. The van der Waals surface area contributed by atoms with Gasteiger partial charge in [-0.2, -0.15) is 0 Å². The molecule has 0 saturated carbocycles. The molecule has 1 saturated heterocycles. The zero-order chi connectivity index (χ0) is 70.8. The summed E-state index contributed by atoms with van der Waals surface area (Å²) < 4.78 is 18.7. The molecule has 8 atom stereocenters. The van der Waals surface area contributed by atoms with Crippen molar-refractivity contribution in [3.05, 3.63) is 164 Å². The van der Waals surface area contributed by atoms with Crippen LogP contribution in [0.5, 0.6) is 69.0 Å². The number of nitrogens with two attached hydrogens (primary N) is 1. The Morgan fingerprint density at radius 3 is 1.77 bits per heavy atom. The predicted octanol–water partition coefficient (Wildman–Crippen LogP) is 8.19. The number of hydrogen-bond donors (Lipinski definition) is 14. The first kappa shape index (κ1) is 69.4. The van der Waals surface area contributed by atoms with Crippen molar-refractivity contribution in [3.63, 3.8) is 0 Å². The van der Waals surface area contributed by atoms with E-state index in [1.165, 1.54) is 103 Å². The SMILES string of the molecule is CCCCCCCCCCN1CCN(C(=O)[C@H]2NC(=O)[C@H]3NC(=O)[C@H](NC(=O)[C@@H]4NC(=O)[C@H]5NC(=O)[C@@H](Cc6ccc(c(Cl)c6)Oc6cc4cc(c6O)Oc4ccc(cc4Cl)[C@H]3O)NC(=O)[C@@H](N)c3ccc(O)c(c3)Oc3cc(O)cc5c3)c3ccc(O)c(c3)-c3c(O)cc(O)cc32)CC1. The van der Waals surface area contributed by atoms with Crippen molar-refractivity contribution in [3.8, 4) is 80.1 Å². The third kappa shape index (κ3) is 14.9. The number of aromatic hydroxyl groups is 6. The second-order valence-corrected chi connectivity index (χ2v) is 26.2. The second-order valence-electron chi connectivity index (χ2n) is 25.4. The number of rotatable bonds is 10. The van der Waals surface area contributed by atoms with E-state index < -0.39 is 136 Å². The van der Waals surface area contributed by atoms with Gasteiger partial charge in [0, 0.05) is 55.9 Å². The molecular formula is C72H73Cl2N9O17. The smallest absolute Gasteiger partial charge is 0.249 e. The lowest BCUT2D eigenvalue weighted by molar-refractivity contribution is -0.140.